The molecule has 0 unspecified atom stereocenters. The van der Waals surface area contributed by atoms with Gasteiger partial charge in [0, 0.05) is 12.7 Å². The van der Waals surface area contributed by atoms with Crippen LogP contribution in [-0.2, 0) is 10.0 Å². The van der Waals surface area contributed by atoms with E-state index in [-0.39, 0.29) is 12.3 Å². The van der Waals surface area contributed by atoms with E-state index in [2.05, 4.69) is 10.3 Å². The Morgan fingerprint density at radius 2 is 2.31 bits per heavy atom. The molecular formula is C9H15N3O3S. The van der Waals surface area contributed by atoms with Gasteiger partial charge in [-0.05, 0) is 19.1 Å². The number of nitrogens with two attached hydrogens (primary N) is 1. The Balaban J connectivity index is 2.59. The fourth-order valence-electron chi connectivity index (χ4n) is 1.11. The molecule has 0 spiro atoms. The van der Waals surface area contributed by atoms with Crippen molar-refractivity contribution in [2.24, 2.45) is 5.14 Å². The van der Waals surface area contributed by atoms with Gasteiger partial charge in [0.1, 0.15) is 0 Å². The van der Waals surface area contributed by atoms with Crippen LogP contribution in [0.5, 0.6) is 5.75 Å². The predicted octanol–water partition coefficient (Wildman–Crippen LogP) is 0.181. The summed E-state index contributed by atoms with van der Waals surface area (Å²) in [5.41, 5.74) is 0. The molecule has 6 nitrogen and oxygen atoms in total. The van der Waals surface area contributed by atoms with Crippen molar-refractivity contribution in [3.8, 4) is 5.75 Å². The number of anilines is 1. The summed E-state index contributed by atoms with van der Waals surface area (Å²) >= 11 is 0. The monoisotopic (exact) mass is 245 g/mol. The van der Waals surface area contributed by atoms with E-state index in [0.717, 1.165) is 0 Å². The molecule has 0 fully saturated rings. The maximum atomic E-state index is 10.7. The van der Waals surface area contributed by atoms with Gasteiger partial charge < -0.3 is 10.1 Å². The van der Waals surface area contributed by atoms with E-state index >= 15 is 0 Å². The standard InChI is InChI=1S/C9H15N3O3S/c1-2-15-8-4-3-5-11-9(8)12-6-7-16(10,13)14/h3-5H,2,6-7H2,1H3,(H,11,12)(H2,10,13,14). The predicted molar refractivity (Wildman–Crippen MR) is 61.9 cm³/mol. The molecule has 0 bridgehead atoms. The van der Waals surface area contributed by atoms with E-state index in [9.17, 15) is 8.42 Å². The van der Waals surface area contributed by atoms with Crippen molar-refractivity contribution in [2.75, 3.05) is 24.2 Å². The molecule has 0 aliphatic carbocycles. The third-order valence-electron chi connectivity index (χ3n) is 1.75. The largest absolute Gasteiger partial charge is 0.490 e. The highest BCUT2D eigenvalue weighted by Crippen LogP contribution is 2.20. The lowest BCUT2D eigenvalue weighted by molar-refractivity contribution is 0.340. The van der Waals surface area contributed by atoms with Crippen molar-refractivity contribution < 1.29 is 13.2 Å². The van der Waals surface area contributed by atoms with Crippen LogP contribution in [-0.4, -0.2) is 32.3 Å². The lowest BCUT2D eigenvalue weighted by atomic mass is 10.4. The van der Waals surface area contributed by atoms with Gasteiger partial charge in [-0.2, -0.15) is 0 Å². The van der Waals surface area contributed by atoms with Crippen LogP contribution in [0, 0.1) is 0 Å². The first-order valence-corrected chi connectivity index (χ1v) is 6.56. The molecule has 90 valence electrons. The van der Waals surface area contributed by atoms with Crippen molar-refractivity contribution in [1.29, 1.82) is 0 Å². The topological polar surface area (TPSA) is 94.3 Å². The van der Waals surface area contributed by atoms with E-state index in [1.165, 1.54) is 0 Å². The Kier molecular flexibility index (Phi) is 4.51. The van der Waals surface area contributed by atoms with Gasteiger partial charge in [-0.15, -0.1) is 0 Å². The average molecular weight is 245 g/mol. The zero-order chi connectivity index (χ0) is 12.0. The third kappa shape index (κ3) is 4.45. The number of nitrogens with zero attached hydrogens (tertiary/aromatic N) is 1. The van der Waals surface area contributed by atoms with Crippen LogP contribution in [0.3, 0.4) is 0 Å². The van der Waals surface area contributed by atoms with Gasteiger partial charge in [0.25, 0.3) is 0 Å². The molecule has 0 atom stereocenters. The molecule has 1 heterocycles. The SMILES string of the molecule is CCOc1cccnc1NCCS(N)(=O)=O. The Bertz CT molecular complexity index is 433. The quantitative estimate of drug-likeness (QED) is 0.745. The van der Waals surface area contributed by atoms with E-state index in [1.807, 2.05) is 6.92 Å². The first-order chi connectivity index (χ1) is 7.53. The number of hydrogen-bond donors (Lipinski definition) is 2. The Morgan fingerprint density at radius 1 is 1.56 bits per heavy atom. The normalized spacial score (nSPS) is 11.1. The number of nitrogens with one attached hydrogen (secondary N) is 1. The zero-order valence-corrected chi connectivity index (χ0v) is 9.83. The fraction of sp³-hybridized carbons (Fsp3) is 0.444. The molecule has 3 N–H and O–H groups in total. The van der Waals surface area contributed by atoms with E-state index in [4.69, 9.17) is 9.88 Å². The van der Waals surface area contributed by atoms with Crippen molar-refractivity contribution in [1.82, 2.24) is 4.98 Å². The second-order valence-corrected chi connectivity index (χ2v) is 4.81. The fourth-order valence-corrected chi connectivity index (χ4v) is 1.49. The molecule has 0 aliphatic rings. The molecule has 0 aromatic carbocycles. The maximum Gasteiger partial charge on any atom is 0.210 e. The average Bonchev–Trinajstić information content (AvgIpc) is 2.19. The summed E-state index contributed by atoms with van der Waals surface area (Å²) in [7, 11) is -3.45. The van der Waals surface area contributed by atoms with Gasteiger partial charge in [0.15, 0.2) is 11.6 Å². The van der Waals surface area contributed by atoms with Crippen molar-refractivity contribution >= 4 is 15.8 Å². The molecule has 0 saturated carbocycles. The summed E-state index contributed by atoms with van der Waals surface area (Å²) in [4.78, 5) is 4.05. The molecule has 1 rings (SSSR count). The number of pyridine rings is 1. The number of hydrogen-bond acceptors (Lipinski definition) is 5. The summed E-state index contributed by atoms with van der Waals surface area (Å²) in [5.74, 6) is 0.974. The summed E-state index contributed by atoms with van der Waals surface area (Å²) in [6, 6.07) is 3.51. The van der Waals surface area contributed by atoms with Crippen LogP contribution < -0.4 is 15.2 Å². The lowest BCUT2D eigenvalue weighted by Gasteiger charge is -2.10. The number of primary sulfonamides is 1. The van der Waals surface area contributed by atoms with Crippen LogP contribution in [0.25, 0.3) is 0 Å². The Hall–Kier alpha value is -1.34. The molecule has 0 amide bonds. The third-order valence-corrected chi connectivity index (χ3v) is 2.52. The van der Waals surface area contributed by atoms with E-state index in [1.54, 1.807) is 18.3 Å². The van der Waals surface area contributed by atoms with Crippen LogP contribution in [0.4, 0.5) is 5.82 Å². The highest BCUT2D eigenvalue weighted by molar-refractivity contribution is 7.89. The molecule has 16 heavy (non-hydrogen) atoms. The smallest absolute Gasteiger partial charge is 0.210 e. The first-order valence-electron chi connectivity index (χ1n) is 4.85. The van der Waals surface area contributed by atoms with Gasteiger partial charge >= 0.3 is 0 Å². The molecule has 0 aliphatic heterocycles. The highest BCUT2D eigenvalue weighted by Gasteiger charge is 2.05. The highest BCUT2D eigenvalue weighted by atomic mass is 32.2. The Morgan fingerprint density at radius 3 is 2.94 bits per heavy atom. The van der Waals surface area contributed by atoms with Gasteiger partial charge in [-0.1, -0.05) is 0 Å². The van der Waals surface area contributed by atoms with Gasteiger partial charge in [0.2, 0.25) is 10.0 Å². The summed E-state index contributed by atoms with van der Waals surface area (Å²) < 4.78 is 26.8. The molecular weight excluding hydrogens is 230 g/mol. The molecule has 1 aromatic heterocycles. The summed E-state index contributed by atoms with van der Waals surface area (Å²) in [5, 5.41) is 7.74. The molecule has 1 aromatic rings. The maximum absolute atomic E-state index is 10.7. The first kappa shape index (κ1) is 12.7. The van der Waals surface area contributed by atoms with Gasteiger partial charge in [-0.25, -0.2) is 18.5 Å². The molecule has 0 saturated heterocycles. The minimum atomic E-state index is -3.45. The Labute approximate surface area is 94.9 Å². The van der Waals surface area contributed by atoms with Crippen LogP contribution in [0.1, 0.15) is 6.92 Å². The number of rotatable bonds is 6. The summed E-state index contributed by atoms with van der Waals surface area (Å²) in [6.45, 7) is 2.59. The van der Waals surface area contributed by atoms with Crippen LogP contribution in [0.15, 0.2) is 18.3 Å². The lowest BCUT2D eigenvalue weighted by Crippen LogP contribution is -2.22. The minimum absolute atomic E-state index is 0.144. The number of aromatic nitrogens is 1. The van der Waals surface area contributed by atoms with Gasteiger partial charge in [0.05, 0.1) is 12.4 Å². The van der Waals surface area contributed by atoms with Crippen molar-refractivity contribution in [3.05, 3.63) is 18.3 Å². The molecule has 7 heteroatoms. The van der Waals surface area contributed by atoms with Gasteiger partial charge in [-0.3, -0.25) is 0 Å². The minimum Gasteiger partial charge on any atom is -0.490 e. The summed E-state index contributed by atoms with van der Waals surface area (Å²) in [6.07, 6.45) is 1.60. The van der Waals surface area contributed by atoms with E-state index < -0.39 is 10.0 Å². The number of ether oxygens (including phenoxy) is 1. The van der Waals surface area contributed by atoms with Crippen molar-refractivity contribution in [3.63, 3.8) is 0 Å². The molecule has 0 radical (unpaired) electrons. The number of sulfonamides is 1. The van der Waals surface area contributed by atoms with E-state index in [0.29, 0.717) is 18.2 Å². The van der Waals surface area contributed by atoms with Crippen LogP contribution >= 0.6 is 0 Å². The van der Waals surface area contributed by atoms with Crippen molar-refractivity contribution in [2.45, 2.75) is 6.92 Å². The zero-order valence-electron chi connectivity index (χ0n) is 9.01. The van der Waals surface area contributed by atoms with Crippen LogP contribution in [0.2, 0.25) is 0 Å². The second-order valence-electron chi connectivity index (χ2n) is 3.08. The second kappa shape index (κ2) is 5.66.